The minimum atomic E-state index is 0.389. The number of ether oxygens (including phenoxy) is 3. The van der Waals surface area contributed by atoms with E-state index in [1.807, 2.05) is 48.5 Å². The fourth-order valence-corrected chi connectivity index (χ4v) is 2.27. The van der Waals surface area contributed by atoms with E-state index in [0.717, 1.165) is 5.56 Å². The Balaban J connectivity index is 1.63. The molecule has 0 atom stereocenters. The molecule has 24 heavy (non-hydrogen) atoms. The van der Waals surface area contributed by atoms with Gasteiger partial charge in [-0.15, -0.1) is 10.2 Å². The summed E-state index contributed by atoms with van der Waals surface area (Å²) in [5.41, 5.74) is 0.895. The predicted molar refractivity (Wildman–Crippen MR) is 88.5 cm³/mol. The molecule has 3 aromatic rings. The monoisotopic (exact) mass is 326 g/mol. The van der Waals surface area contributed by atoms with Crippen molar-refractivity contribution >= 4 is 0 Å². The third kappa shape index (κ3) is 3.48. The smallest absolute Gasteiger partial charge is 0.247 e. The minimum Gasteiger partial charge on any atom is -0.493 e. The van der Waals surface area contributed by atoms with Crippen LogP contribution in [0.15, 0.2) is 52.9 Å². The second-order valence-electron chi connectivity index (χ2n) is 4.96. The third-order valence-electron chi connectivity index (χ3n) is 3.43. The summed E-state index contributed by atoms with van der Waals surface area (Å²) in [5, 5.41) is 8.10. The second-order valence-corrected chi connectivity index (χ2v) is 4.96. The Morgan fingerprint density at radius 3 is 2.42 bits per heavy atom. The highest BCUT2D eigenvalue weighted by Crippen LogP contribution is 2.36. The molecule has 0 aliphatic rings. The standard InChI is InChI=1S/C18H18N2O4/c1-21-14-9-6-10-15(17(14)22-2)23-12-11-16-19-20-18(24-16)13-7-4-3-5-8-13/h3-10H,11-12H2,1-2H3. The van der Waals surface area contributed by atoms with E-state index in [9.17, 15) is 0 Å². The molecule has 0 saturated heterocycles. The molecule has 124 valence electrons. The van der Waals surface area contributed by atoms with Gasteiger partial charge in [-0.1, -0.05) is 24.3 Å². The van der Waals surface area contributed by atoms with Gasteiger partial charge < -0.3 is 18.6 Å². The molecular formula is C18H18N2O4. The van der Waals surface area contributed by atoms with Crippen LogP contribution in [0, 0.1) is 0 Å². The Labute approximate surface area is 140 Å². The largest absolute Gasteiger partial charge is 0.493 e. The summed E-state index contributed by atoms with van der Waals surface area (Å²) in [6.07, 6.45) is 0.500. The summed E-state index contributed by atoms with van der Waals surface area (Å²) in [4.78, 5) is 0. The molecule has 0 saturated carbocycles. The van der Waals surface area contributed by atoms with Gasteiger partial charge in [-0.2, -0.15) is 0 Å². The van der Waals surface area contributed by atoms with Gasteiger partial charge in [-0.05, 0) is 24.3 Å². The molecule has 0 fully saturated rings. The maximum atomic E-state index is 5.76. The summed E-state index contributed by atoms with van der Waals surface area (Å²) < 4.78 is 22.0. The van der Waals surface area contributed by atoms with E-state index in [2.05, 4.69) is 10.2 Å². The van der Waals surface area contributed by atoms with Crippen molar-refractivity contribution in [2.24, 2.45) is 0 Å². The van der Waals surface area contributed by atoms with E-state index >= 15 is 0 Å². The molecule has 0 bridgehead atoms. The fraction of sp³-hybridized carbons (Fsp3) is 0.222. The van der Waals surface area contributed by atoms with Crippen molar-refractivity contribution in [1.82, 2.24) is 10.2 Å². The topological polar surface area (TPSA) is 66.6 Å². The van der Waals surface area contributed by atoms with Crippen molar-refractivity contribution in [2.45, 2.75) is 6.42 Å². The lowest BCUT2D eigenvalue weighted by Gasteiger charge is -2.12. The van der Waals surface area contributed by atoms with E-state index in [1.165, 1.54) is 0 Å². The van der Waals surface area contributed by atoms with E-state index in [0.29, 0.717) is 42.1 Å². The van der Waals surface area contributed by atoms with Crippen LogP contribution >= 0.6 is 0 Å². The van der Waals surface area contributed by atoms with Crippen LogP contribution in [0.2, 0.25) is 0 Å². The molecule has 6 nitrogen and oxygen atoms in total. The zero-order valence-electron chi connectivity index (χ0n) is 13.6. The maximum absolute atomic E-state index is 5.76. The summed E-state index contributed by atoms with van der Waals surface area (Å²) >= 11 is 0. The minimum absolute atomic E-state index is 0.389. The zero-order chi connectivity index (χ0) is 16.8. The molecular weight excluding hydrogens is 308 g/mol. The Kier molecular flexibility index (Phi) is 4.96. The molecule has 0 radical (unpaired) electrons. The first-order valence-corrected chi connectivity index (χ1v) is 7.53. The van der Waals surface area contributed by atoms with Crippen molar-refractivity contribution in [2.75, 3.05) is 20.8 Å². The van der Waals surface area contributed by atoms with Crippen LogP contribution in [0.5, 0.6) is 17.2 Å². The van der Waals surface area contributed by atoms with Crippen molar-refractivity contribution in [3.8, 4) is 28.7 Å². The van der Waals surface area contributed by atoms with Crippen LogP contribution in [-0.2, 0) is 6.42 Å². The molecule has 0 aliphatic heterocycles. The van der Waals surface area contributed by atoms with Crippen LogP contribution in [0.4, 0.5) is 0 Å². The van der Waals surface area contributed by atoms with Crippen LogP contribution in [0.3, 0.4) is 0 Å². The molecule has 0 amide bonds. The van der Waals surface area contributed by atoms with Gasteiger partial charge >= 0.3 is 0 Å². The number of rotatable bonds is 7. The van der Waals surface area contributed by atoms with E-state index in [1.54, 1.807) is 14.2 Å². The average Bonchev–Trinajstić information content (AvgIpc) is 3.11. The Bertz CT molecular complexity index is 787. The summed E-state index contributed by atoms with van der Waals surface area (Å²) in [7, 11) is 3.17. The number of nitrogens with zero attached hydrogens (tertiary/aromatic N) is 2. The average molecular weight is 326 g/mol. The lowest BCUT2D eigenvalue weighted by molar-refractivity contribution is 0.278. The first-order chi connectivity index (χ1) is 11.8. The number of benzene rings is 2. The number of methoxy groups -OCH3 is 2. The predicted octanol–water partition coefficient (Wildman–Crippen LogP) is 3.38. The molecule has 0 aliphatic carbocycles. The van der Waals surface area contributed by atoms with Crippen LogP contribution in [0.1, 0.15) is 5.89 Å². The lowest BCUT2D eigenvalue weighted by Crippen LogP contribution is -2.03. The number of hydrogen-bond acceptors (Lipinski definition) is 6. The summed E-state index contributed by atoms with van der Waals surface area (Å²) in [6.45, 7) is 0.389. The molecule has 0 N–H and O–H groups in total. The maximum Gasteiger partial charge on any atom is 0.247 e. The van der Waals surface area contributed by atoms with Crippen LogP contribution in [-0.4, -0.2) is 31.0 Å². The molecule has 1 heterocycles. The Morgan fingerprint density at radius 2 is 1.67 bits per heavy atom. The van der Waals surface area contributed by atoms with E-state index in [-0.39, 0.29) is 0 Å². The molecule has 1 aromatic heterocycles. The van der Waals surface area contributed by atoms with Gasteiger partial charge in [0.1, 0.15) is 0 Å². The second kappa shape index (κ2) is 7.50. The van der Waals surface area contributed by atoms with Crippen LogP contribution in [0.25, 0.3) is 11.5 Å². The van der Waals surface area contributed by atoms with Crippen molar-refractivity contribution in [1.29, 1.82) is 0 Å². The Morgan fingerprint density at radius 1 is 0.875 bits per heavy atom. The van der Waals surface area contributed by atoms with Crippen LogP contribution < -0.4 is 14.2 Å². The first-order valence-electron chi connectivity index (χ1n) is 7.53. The van der Waals surface area contributed by atoms with Crippen molar-refractivity contribution < 1.29 is 18.6 Å². The molecule has 6 heteroatoms. The van der Waals surface area contributed by atoms with Gasteiger partial charge in [0.25, 0.3) is 0 Å². The summed E-state index contributed by atoms with van der Waals surface area (Å²) in [6, 6.07) is 15.1. The molecule has 0 spiro atoms. The summed E-state index contributed by atoms with van der Waals surface area (Å²) in [5.74, 6) is 2.83. The van der Waals surface area contributed by atoms with E-state index < -0.39 is 0 Å². The zero-order valence-corrected chi connectivity index (χ0v) is 13.6. The number of hydrogen-bond donors (Lipinski definition) is 0. The van der Waals surface area contributed by atoms with E-state index in [4.69, 9.17) is 18.6 Å². The van der Waals surface area contributed by atoms with Crippen molar-refractivity contribution in [3.05, 3.63) is 54.4 Å². The highest BCUT2D eigenvalue weighted by Gasteiger charge is 2.12. The fourth-order valence-electron chi connectivity index (χ4n) is 2.27. The number of para-hydroxylation sites is 1. The quantitative estimate of drug-likeness (QED) is 0.663. The highest BCUT2D eigenvalue weighted by molar-refractivity contribution is 5.52. The molecule has 3 rings (SSSR count). The Hall–Kier alpha value is -3.02. The SMILES string of the molecule is COc1cccc(OCCc2nnc(-c3ccccc3)o2)c1OC. The lowest BCUT2D eigenvalue weighted by atomic mass is 10.2. The van der Waals surface area contributed by atoms with Gasteiger partial charge in [0.2, 0.25) is 17.5 Å². The normalized spacial score (nSPS) is 10.4. The molecule has 0 unspecified atom stereocenters. The number of aromatic nitrogens is 2. The highest BCUT2D eigenvalue weighted by atomic mass is 16.5. The van der Waals surface area contributed by atoms with Crippen molar-refractivity contribution in [3.63, 3.8) is 0 Å². The van der Waals surface area contributed by atoms with Gasteiger partial charge in [0.15, 0.2) is 11.5 Å². The first kappa shape index (κ1) is 15.9. The third-order valence-corrected chi connectivity index (χ3v) is 3.43. The van der Waals surface area contributed by atoms with Gasteiger partial charge in [0.05, 0.1) is 27.2 Å². The molecule has 2 aromatic carbocycles. The van der Waals surface area contributed by atoms with Gasteiger partial charge in [0, 0.05) is 5.56 Å². The van der Waals surface area contributed by atoms with Gasteiger partial charge in [-0.25, -0.2) is 0 Å². The van der Waals surface area contributed by atoms with Gasteiger partial charge in [-0.3, -0.25) is 0 Å².